The summed E-state index contributed by atoms with van der Waals surface area (Å²) in [5.74, 6) is 1.53. The summed E-state index contributed by atoms with van der Waals surface area (Å²) in [6.07, 6.45) is 3.98. The van der Waals surface area contributed by atoms with E-state index in [0.717, 1.165) is 38.8 Å². The van der Waals surface area contributed by atoms with Crippen molar-refractivity contribution < 1.29 is 4.74 Å². The third-order valence-electron chi connectivity index (χ3n) is 4.41. The molecule has 1 aromatic carbocycles. The quantitative estimate of drug-likeness (QED) is 0.774. The summed E-state index contributed by atoms with van der Waals surface area (Å²) in [7, 11) is 2.21. The first-order chi connectivity index (χ1) is 9.83. The van der Waals surface area contributed by atoms with Gasteiger partial charge in [-0.2, -0.15) is 0 Å². The van der Waals surface area contributed by atoms with Gasteiger partial charge in [-0.3, -0.25) is 0 Å². The fraction of sp³-hybridized carbons (Fsp3) is 0.647. The molecule has 0 saturated heterocycles. The Kier molecular flexibility index (Phi) is 4.58. The predicted octanol–water partition coefficient (Wildman–Crippen LogP) is 2.94. The average Bonchev–Trinajstić information content (AvgIpc) is 3.28. The molecule has 0 amide bonds. The van der Waals surface area contributed by atoms with Crippen molar-refractivity contribution in [3.8, 4) is 0 Å². The van der Waals surface area contributed by atoms with Gasteiger partial charge in [-0.1, -0.05) is 18.2 Å². The molecular weight excluding hydrogens is 248 g/mol. The smallest absolute Gasteiger partial charge is 0.0593 e. The van der Waals surface area contributed by atoms with Crippen LogP contribution in [0.5, 0.6) is 0 Å². The van der Waals surface area contributed by atoms with Crippen molar-refractivity contribution >= 4 is 5.69 Å². The lowest BCUT2D eigenvalue weighted by Gasteiger charge is -2.30. The summed E-state index contributed by atoms with van der Waals surface area (Å²) in [4.78, 5) is 2.42. The Morgan fingerprint density at radius 3 is 2.95 bits per heavy atom. The zero-order valence-corrected chi connectivity index (χ0v) is 12.5. The monoisotopic (exact) mass is 274 g/mol. The molecule has 1 aliphatic carbocycles. The van der Waals surface area contributed by atoms with E-state index in [1.165, 1.54) is 30.5 Å². The number of nitrogens with one attached hydrogen (secondary N) is 1. The number of benzene rings is 1. The van der Waals surface area contributed by atoms with Gasteiger partial charge in [0.25, 0.3) is 0 Å². The fourth-order valence-corrected chi connectivity index (χ4v) is 2.96. The van der Waals surface area contributed by atoms with E-state index in [1.54, 1.807) is 0 Å². The summed E-state index contributed by atoms with van der Waals surface area (Å²) in [6, 6.07) is 8.73. The highest BCUT2D eigenvalue weighted by atomic mass is 16.5. The van der Waals surface area contributed by atoms with E-state index >= 15 is 0 Å². The van der Waals surface area contributed by atoms with E-state index in [9.17, 15) is 0 Å². The molecule has 1 fully saturated rings. The zero-order valence-electron chi connectivity index (χ0n) is 12.5. The number of likely N-dealkylation sites (N-methyl/N-ethyl adjacent to an activating group) is 1. The van der Waals surface area contributed by atoms with Crippen molar-refractivity contribution in [1.29, 1.82) is 0 Å². The molecular formula is C17H26N2O. The maximum absolute atomic E-state index is 5.73. The third kappa shape index (κ3) is 3.74. The lowest BCUT2D eigenvalue weighted by Crippen LogP contribution is -2.31. The van der Waals surface area contributed by atoms with Crippen molar-refractivity contribution in [3.05, 3.63) is 29.8 Å². The van der Waals surface area contributed by atoms with Crippen molar-refractivity contribution in [2.75, 3.05) is 45.2 Å². The van der Waals surface area contributed by atoms with E-state index < -0.39 is 0 Å². The molecule has 1 aromatic rings. The van der Waals surface area contributed by atoms with Crippen LogP contribution in [0.1, 0.15) is 30.7 Å². The molecule has 20 heavy (non-hydrogen) atoms. The van der Waals surface area contributed by atoms with E-state index in [0.29, 0.717) is 5.92 Å². The van der Waals surface area contributed by atoms with Gasteiger partial charge in [0.1, 0.15) is 0 Å². The van der Waals surface area contributed by atoms with Gasteiger partial charge in [-0.15, -0.1) is 0 Å². The van der Waals surface area contributed by atoms with E-state index in [4.69, 9.17) is 4.74 Å². The fourth-order valence-electron chi connectivity index (χ4n) is 2.96. The molecule has 1 saturated carbocycles. The van der Waals surface area contributed by atoms with Crippen molar-refractivity contribution in [2.24, 2.45) is 5.92 Å². The Balaban J connectivity index is 1.45. The second-order valence-corrected chi connectivity index (χ2v) is 6.28. The van der Waals surface area contributed by atoms with Gasteiger partial charge in [0.15, 0.2) is 0 Å². The van der Waals surface area contributed by atoms with Gasteiger partial charge < -0.3 is 15.0 Å². The predicted molar refractivity (Wildman–Crippen MR) is 83.3 cm³/mol. The number of nitrogens with zero attached hydrogens (tertiary/aromatic N) is 1. The summed E-state index contributed by atoms with van der Waals surface area (Å²) in [5.41, 5.74) is 2.80. The lowest BCUT2D eigenvalue weighted by atomic mass is 9.90. The van der Waals surface area contributed by atoms with Gasteiger partial charge >= 0.3 is 0 Å². The number of hydrogen-bond donors (Lipinski definition) is 1. The van der Waals surface area contributed by atoms with E-state index in [-0.39, 0.29) is 0 Å². The van der Waals surface area contributed by atoms with Crippen LogP contribution in [0.2, 0.25) is 0 Å². The van der Waals surface area contributed by atoms with Crippen molar-refractivity contribution in [3.63, 3.8) is 0 Å². The number of para-hydroxylation sites is 1. The number of hydrogen-bond acceptors (Lipinski definition) is 3. The third-order valence-corrected chi connectivity index (χ3v) is 4.41. The molecule has 110 valence electrons. The normalized spacial score (nSPS) is 21.6. The zero-order chi connectivity index (χ0) is 13.8. The molecule has 1 N–H and O–H groups in total. The van der Waals surface area contributed by atoms with Crippen molar-refractivity contribution in [1.82, 2.24) is 4.90 Å². The first-order valence-corrected chi connectivity index (χ1v) is 7.92. The van der Waals surface area contributed by atoms with Crippen LogP contribution >= 0.6 is 0 Å². The Morgan fingerprint density at radius 1 is 1.25 bits per heavy atom. The Bertz CT molecular complexity index is 431. The highest BCUT2D eigenvalue weighted by molar-refractivity contribution is 5.54. The Labute approximate surface area is 122 Å². The molecule has 0 bridgehead atoms. The lowest BCUT2D eigenvalue weighted by molar-refractivity contribution is 0.101. The summed E-state index contributed by atoms with van der Waals surface area (Å²) < 4.78 is 5.73. The molecule has 1 unspecified atom stereocenters. The topological polar surface area (TPSA) is 24.5 Å². The molecule has 1 aliphatic heterocycles. The first-order valence-electron chi connectivity index (χ1n) is 7.92. The van der Waals surface area contributed by atoms with Crippen LogP contribution in [0.15, 0.2) is 24.3 Å². The Hall–Kier alpha value is -1.06. The molecule has 0 spiro atoms. The van der Waals surface area contributed by atoms with Crippen LogP contribution in [-0.4, -0.2) is 44.8 Å². The molecule has 0 aromatic heterocycles. The number of anilines is 1. The minimum absolute atomic E-state index is 0.654. The maximum Gasteiger partial charge on any atom is 0.0593 e. The van der Waals surface area contributed by atoms with E-state index in [1.807, 2.05) is 0 Å². The maximum atomic E-state index is 5.73. The molecule has 3 nitrogen and oxygen atoms in total. The largest absolute Gasteiger partial charge is 0.385 e. The number of rotatable bonds is 7. The summed E-state index contributed by atoms with van der Waals surface area (Å²) in [6.45, 7) is 5.11. The van der Waals surface area contributed by atoms with Crippen LogP contribution in [0, 0.1) is 5.92 Å². The van der Waals surface area contributed by atoms with Crippen LogP contribution in [0.4, 0.5) is 5.69 Å². The first kappa shape index (κ1) is 13.9. The molecule has 2 aliphatic rings. The minimum Gasteiger partial charge on any atom is -0.385 e. The second kappa shape index (κ2) is 6.59. The van der Waals surface area contributed by atoms with Crippen LogP contribution < -0.4 is 5.32 Å². The van der Waals surface area contributed by atoms with Gasteiger partial charge in [0, 0.05) is 37.8 Å². The molecule has 1 heterocycles. The summed E-state index contributed by atoms with van der Waals surface area (Å²) >= 11 is 0. The minimum atomic E-state index is 0.654. The van der Waals surface area contributed by atoms with Gasteiger partial charge in [0.05, 0.1) is 6.61 Å². The molecule has 1 atom stereocenters. The van der Waals surface area contributed by atoms with Gasteiger partial charge in [-0.25, -0.2) is 0 Å². The average molecular weight is 274 g/mol. The summed E-state index contributed by atoms with van der Waals surface area (Å²) in [5, 5.41) is 3.49. The molecule has 3 rings (SSSR count). The van der Waals surface area contributed by atoms with Gasteiger partial charge in [0.2, 0.25) is 0 Å². The van der Waals surface area contributed by atoms with Crippen LogP contribution in [-0.2, 0) is 4.74 Å². The van der Waals surface area contributed by atoms with Crippen molar-refractivity contribution in [2.45, 2.75) is 25.2 Å². The van der Waals surface area contributed by atoms with E-state index in [2.05, 4.69) is 41.5 Å². The molecule has 0 radical (unpaired) electrons. The van der Waals surface area contributed by atoms with Gasteiger partial charge in [-0.05, 0) is 43.9 Å². The van der Waals surface area contributed by atoms with Crippen LogP contribution in [0.3, 0.4) is 0 Å². The highest BCUT2D eigenvalue weighted by Gasteiger charge is 2.22. The van der Waals surface area contributed by atoms with Crippen LogP contribution in [0.25, 0.3) is 0 Å². The standard InChI is InChI=1S/C17H26N2O/c1-19(10-11-20-13-14-6-7-14)12-15-8-9-18-17-5-3-2-4-16(15)17/h2-5,14-15,18H,6-13H2,1H3. The Morgan fingerprint density at radius 2 is 2.10 bits per heavy atom. The number of fused-ring (bicyclic) bond motifs is 1. The SMILES string of the molecule is CN(CCOCC1CC1)CC1CCNc2ccccc21. The number of ether oxygens (including phenoxy) is 1. The second-order valence-electron chi connectivity index (χ2n) is 6.28. The molecule has 3 heteroatoms. The highest BCUT2D eigenvalue weighted by Crippen LogP contribution is 2.31.